The summed E-state index contributed by atoms with van der Waals surface area (Å²) in [5.74, 6) is -0.313. The molecule has 0 saturated heterocycles. The Labute approximate surface area is 130 Å². The molecule has 0 unspecified atom stereocenters. The molecular weight excluding hydrogens is 311 g/mol. The summed E-state index contributed by atoms with van der Waals surface area (Å²) in [5, 5.41) is 16.3. The first-order valence-corrected chi connectivity index (χ1v) is 6.95. The van der Waals surface area contributed by atoms with Gasteiger partial charge in [0.1, 0.15) is 0 Å². The van der Waals surface area contributed by atoms with Crippen LogP contribution in [0.15, 0.2) is 42.7 Å². The van der Waals surface area contributed by atoms with Gasteiger partial charge in [0.15, 0.2) is 0 Å². The van der Waals surface area contributed by atoms with Gasteiger partial charge < -0.3 is 10.4 Å². The number of hydrogen-bond acceptors (Lipinski definition) is 3. The first-order chi connectivity index (χ1) is 10.9. The Morgan fingerprint density at radius 3 is 2.78 bits per heavy atom. The van der Waals surface area contributed by atoms with Crippen LogP contribution in [-0.2, 0) is 17.5 Å². The molecule has 1 amide bonds. The van der Waals surface area contributed by atoms with Crippen molar-refractivity contribution in [3.05, 3.63) is 53.9 Å². The molecule has 1 atom stereocenters. The summed E-state index contributed by atoms with van der Waals surface area (Å²) in [5.41, 5.74) is -0.730. The topological polar surface area (TPSA) is 67.2 Å². The van der Waals surface area contributed by atoms with Gasteiger partial charge >= 0.3 is 6.18 Å². The van der Waals surface area contributed by atoms with Crippen molar-refractivity contribution in [3.63, 3.8) is 0 Å². The standard InChI is InChI=1S/C15H16F3N3O2/c16-15(17,18)12-4-1-3-11(9-12)13(22)10-19-14(23)5-8-21-7-2-6-20-21/h1-4,6-7,9,13,22H,5,8,10H2,(H,19,23)/t13-/m1/s1. The van der Waals surface area contributed by atoms with E-state index >= 15 is 0 Å². The second-order valence-corrected chi connectivity index (χ2v) is 4.96. The molecule has 23 heavy (non-hydrogen) atoms. The first-order valence-electron chi connectivity index (χ1n) is 6.95. The van der Waals surface area contributed by atoms with Crippen molar-refractivity contribution in [3.8, 4) is 0 Å². The molecule has 0 saturated carbocycles. The third-order valence-corrected chi connectivity index (χ3v) is 3.22. The molecule has 0 aliphatic carbocycles. The highest BCUT2D eigenvalue weighted by Gasteiger charge is 2.30. The molecule has 2 N–H and O–H groups in total. The molecule has 2 rings (SSSR count). The minimum Gasteiger partial charge on any atom is -0.387 e. The van der Waals surface area contributed by atoms with Crippen molar-refractivity contribution in [1.82, 2.24) is 15.1 Å². The first kappa shape index (κ1) is 17.0. The van der Waals surface area contributed by atoms with Gasteiger partial charge in [-0.3, -0.25) is 9.48 Å². The monoisotopic (exact) mass is 327 g/mol. The van der Waals surface area contributed by atoms with E-state index in [1.165, 1.54) is 12.1 Å². The second kappa shape index (κ2) is 7.28. The number of aromatic nitrogens is 2. The zero-order chi connectivity index (χ0) is 16.9. The van der Waals surface area contributed by atoms with Crippen molar-refractivity contribution in [1.29, 1.82) is 0 Å². The lowest BCUT2D eigenvalue weighted by Gasteiger charge is -2.14. The Bertz CT molecular complexity index is 642. The molecule has 0 aliphatic rings. The fraction of sp³-hybridized carbons (Fsp3) is 0.333. The van der Waals surface area contributed by atoms with Crippen molar-refractivity contribution in [2.24, 2.45) is 0 Å². The normalized spacial score (nSPS) is 12.9. The number of nitrogens with zero attached hydrogens (tertiary/aromatic N) is 2. The minimum absolute atomic E-state index is 0.104. The highest BCUT2D eigenvalue weighted by Crippen LogP contribution is 2.30. The number of benzene rings is 1. The van der Waals surface area contributed by atoms with Crippen molar-refractivity contribution < 1.29 is 23.1 Å². The van der Waals surface area contributed by atoms with Gasteiger partial charge in [-0.05, 0) is 23.8 Å². The van der Waals surface area contributed by atoms with Gasteiger partial charge in [-0.15, -0.1) is 0 Å². The van der Waals surface area contributed by atoms with Gasteiger partial charge in [-0.25, -0.2) is 0 Å². The van der Waals surface area contributed by atoms with E-state index in [2.05, 4.69) is 10.4 Å². The van der Waals surface area contributed by atoms with Crippen LogP contribution in [0.1, 0.15) is 23.7 Å². The lowest BCUT2D eigenvalue weighted by Crippen LogP contribution is -2.29. The van der Waals surface area contributed by atoms with E-state index < -0.39 is 17.8 Å². The number of aryl methyl sites for hydroxylation is 1. The van der Waals surface area contributed by atoms with E-state index in [-0.39, 0.29) is 24.4 Å². The van der Waals surface area contributed by atoms with Crippen LogP contribution in [0.5, 0.6) is 0 Å². The van der Waals surface area contributed by atoms with Crippen molar-refractivity contribution >= 4 is 5.91 Å². The number of aliphatic hydroxyl groups excluding tert-OH is 1. The van der Waals surface area contributed by atoms with E-state index in [4.69, 9.17) is 0 Å². The molecule has 1 heterocycles. The molecule has 0 fully saturated rings. The predicted octanol–water partition coefficient (Wildman–Crippen LogP) is 2.14. The fourth-order valence-corrected chi connectivity index (χ4v) is 1.99. The number of carbonyl (C=O) groups excluding carboxylic acids is 1. The van der Waals surface area contributed by atoms with Gasteiger partial charge in [-0.1, -0.05) is 12.1 Å². The summed E-state index contributed by atoms with van der Waals surface area (Å²) >= 11 is 0. The molecule has 124 valence electrons. The molecule has 1 aromatic heterocycles. The Hall–Kier alpha value is -2.35. The summed E-state index contributed by atoms with van der Waals surface area (Å²) in [6.45, 7) is 0.234. The van der Waals surface area contributed by atoms with Crippen LogP contribution in [0, 0.1) is 0 Å². The Balaban J connectivity index is 1.84. The van der Waals surface area contributed by atoms with Gasteiger partial charge in [0.2, 0.25) is 5.91 Å². The second-order valence-electron chi connectivity index (χ2n) is 4.96. The largest absolute Gasteiger partial charge is 0.416 e. The molecular formula is C15H16F3N3O2. The lowest BCUT2D eigenvalue weighted by molar-refractivity contribution is -0.137. The van der Waals surface area contributed by atoms with E-state index in [9.17, 15) is 23.1 Å². The third kappa shape index (κ3) is 5.10. The number of hydrogen-bond donors (Lipinski definition) is 2. The number of halogens is 3. The van der Waals surface area contributed by atoms with E-state index in [0.717, 1.165) is 12.1 Å². The molecule has 5 nitrogen and oxygen atoms in total. The van der Waals surface area contributed by atoms with E-state index in [1.54, 1.807) is 23.1 Å². The van der Waals surface area contributed by atoms with Gasteiger partial charge in [0.25, 0.3) is 0 Å². The average molecular weight is 327 g/mol. The Morgan fingerprint density at radius 2 is 2.13 bits per heavy atom. The Morgan fingerprint density at radius 1 is 1.35 bits per heavy atom. The SMILES string of the molecule is O=C(CCn1cccn1)NC[C@@H](O)c1cccc(C(F)(F)F)c1. The summed E-state index contributed by atoms with van der Waals surface area (Å²) in [6.07, 6.45) is -2.20. The van der Waals surface area contributed by atoms with E-state index in [0.29, 0.717) is 6.54 Å². The van der Waals surface area contributed by atoms with Crippen LogP contribution < -0.4 is 5.32 Å². The maximum Gasteiger partial charge on any atom is 0.416 e. The smallest absolute Gasteiger partial charge is 0.387 e. The predicted molar refractivity (Wildman–Crippen MR) is 76.3 cm³/mol. The zero-order valence-electron chi connectivity index (χ0n) is 12.1. The summed E-state index contributed by atoms with van der Waals surface area (Å²) in [4.78, 5) is 11.7. The number of alkyl halides is 3. The van der Waals surface area contributed by atoms with Crippen LogP contribution in [0.25, 0.3) is 0 Å². The Kier molecular flexibility index (Phi) is 5.38. The zero-order valence-corrected chi connectivity index (χ0v) is 12.1. The average Bonchev–Trinajstić information content (AvgIpc) is 3.03. The maximum absolute atomic E-state index is 12.6. The van der Waals surface area contributed by atoms with Gasteiger partial charge in [0.05, 0.1) is 11.7 Å². The highest BCUT2D eigenvalue weighted by molar-refractivity contribution is 5.75. The van der Waals surface area contributed by atoms with Crippen LogP contribution in [0.3, 0.4) is 0 Å². The quantitative estimate of drug-likeness (QED) is 0.854. The van der Waals surface area contributed by atoms with Gasteiger partial charge in [-0.2, -0.15) is 18.3 Å². The number of aliphatic hydroxyl groups is 1. The van der Waals surface area contributed by atoms with Crippen LogP contribution in [-0.4, -0.2) is 27.3 Å². The van der Waals surface area contributed by atoms with Gasteiger partial charge in [0, 0.05) is 31.9 Å². The molecule has 8 heteroatoms. The molecule has 0 spiro atoms. The molecule has 1 aromatic carbocycles. The minimum atomic E-state index is -4.47. The van der Waals surface area contributed by atoms with Crippen LogP contribution in [0.4, 0.5) is 13.2 Å². The van der Waals surface area contributed by atoms with Crippen molar-refractivity contribution in [2.75, 3.05) is 6.54 Å². The molecule has 0 radical (unpaired) electrons. The number of rotatable bonds is 6. The van der Waals surface area contributed by atoms with Crippen molar-refractivity contribution in [2.45, 2.75) is 25.2 Å². The summed E-state index contributed by atoms with van der Waals surface area (Å²) < 4.78 is 39.4. The van der Waals surface area contributed by atoms with E-state index in [1.807, 2.05) is 0 Å². The molecule has 2 aromatic rings. The molecule has 0 bridgehead atoms. The highest BCUT2D eigenvalue weighted by atomic mass is 19.4. The number of nitrogens with one attached hydrogen (secondary N) is 1. The van der Waals surface area contributed by atoms with Crippen LogP contribution in [0.2, 0.25) is 0 Å². The lowest BCUT2D eigenvalue weighted by atomic mass is 10.1. The third-order valence-electron chi connectivity index (χ3n) is 3.22. The molecule has 0 aliphatic heterocycles. The van der Waals surface area contributed by atoms with Crippen LogP contribution >= 0.6 is 0 Å². The summed E-state index contributed by atoms with van der Waals surface area (Å²) in [7, 11) is 0. The summed E-state index contributed by atoms with van der Waals surface area (Å²) in [6, 6.07) is 6.14. The maximum atomic E-state index is 12.6. The number of amides is 1. The number of carbonyl (C=O) groups is 1. The fourth-order valence-electron chi connectivity index (χ4n) is 1.99.